The van der Waals surface area contributed by atoms with E-state index in [1.165, 1.54) is 18.2 Å². The second-order valence-electron chi connectivity index (χ2n) is 7.01. The highest BCUT2D eigenvalue weighted by Crippen LogP contribution is 2.36. The molecule has 0 radical (unpaired) electrons. The van der Waals surface area contributed by atoms with E-state index in [4.69, 9.17) is 10.5 Å². The van der Waals surface area contributed by atoms with Gasteiger partial charge < -0.3 is 20.7 Å². The molecule has 1 aliphatic rings. The van der Waals surface area contributed by atoms with Crippen LogP contribution in [0, 0.1) is 0 Å². The van der Waals surface area contributed by atoms with Crippen LogP contribution in [0.25, 0.3) is 0 Å². The van der Waals surface area contributed by atoms with Gasteiger partial charge in [0.15, 0.2) is 6.61 Å². The molecule has 2 aromatic carbocycles. The molecule has 0 spiro atoms. The van der Waals surface area contributed by atoms with Crippen molar-refractivity contribution in [3.05, 3.63) is 53.6 Å². The van der Waals surface area contributed by atoms with Crippen molar-refractivity contribution in [2.24, 2.45) is 5.73 Å². The number of primary amides is 1. The Morgan fingerprint density at radius 3 is 2.47 bits per heavy atom. The van der Waals surface area contributed by atoms with Crippen LogP contribution in [0.3, 0.4) is 0 Å². The Balaban J connectivity index is 1.87. The predicted molar refractivity (Wildman–Crippen MR) is 107 cm³/mol. The lowest BCUT2D eigenvalue weighted by Gasteiger charge is -2.31. The standard InChI is InChI=1S/C21H22F3N3O3/c22-21(23,24)15-7-8-18(27-9-2-1-3-10-27)17(12-15)26-20(29)14-5-4-6-16(11-14)30-13-19(25)28/h4-8,11-12H,1-3,9-10,13H2,(H2,25,28)(H,26,29). The summed E-state index contributed by atoms with van der Waals surface area (Å²) in [6.07, 6.45) is -1.58. The Kier molecular flexibility index (Phi) is 6.49. The zero-order valence-electron chi connectivity index (χ0n) is 16.2. The monoisotopic (exact) mass is 421 g/mol. The van der Waals surface area contributed by atoms with Crippen LogP contribution in [-0.4, -0.2) is 31.5 Å². The van der Waals surface area contributed by atoms with E-state index in [2.05, 4.69) is 5.32 Å². The Labute approximate surface area is 171 Å². The number of hydrogen-bond acceptors (Lipinski definition) is 4. The number of nitrogens with one attached hydrogen (secondary N) is 1. The summed E-state index contributed by atoms with van der Waals surface area (Å²) in [6, 6.07) is 9.36. The molecule has 0 unspecified atom stereocenters. The summed E-state index contributed by atoms with van der Waals surface area (Å²) in [5.41, 5.74) is 5.03. The summed E-state index contributed by atoms with van der Waals surface area (Å²) < 4.78 is 44.9. The van der Waals surface area contributed by atoms with Crippen molar-refractivity contribution < 1.29 is 27.5 Å². The topological polar surface area (TPSA) is 84.7 Å². The van der Waals surface area contributed by atoms with Gasteiger partial charge in [0.05, 0.1) is 16.9 Å². The van der Waals surface area contributed by atoms with E-state index in [1.807, 2.05) is 4.90 Å². The largest absolute Gasteiger partial charge is 0.484 e. The van der Waals surface area contributed by atoms with Crippen LogP contribution >= 0.6 is 0 Å². The molecule has 1 heterocycles. The van der Waals surface area contributed by atoms with E-state index in [1.54, 1.807) is 12.1 Å². The molecule has 3 rings (SSSR count). The first-order valence-electron chi connectivity index (χ1n) is 9.53. The van der Waals surface area contributed by atoms with Crippen LogP contribution in [0.2, 0.25) is 0 Å². The van der Waals surface area contributed by atoms with E-state index in [0.29, 0.717) is 18.8 Å². The number of carbonyl (C=O) groups is 2. The molecular weight excluding hydrogens is 399 g/mol. The number of piperidine rings is 1. The maximum absolute atomic E-state index is 13.2. The molecule has 3 N–H and O–H groups in total. The fourth-order valence-corrected chi connectivity index (χ4v) is 3.30. The van der Waals surface area contributed by atoms with E-state index in [9.17, 15) is 22.8 Å². The third kappa shape index (κ3) is 5.43. The van der Waals surface area contributed by atoms with Crippen molar-refractivity contribution in [3.8, 4) is 5.75 Å². The molecule has 2 amide bonds. The van der Waals surface area contributed by atoms with Gasteiger partial charge in [0, 0.05) is 18.7 Å². The molecule has 6 nitrogen and oxygen atoms in total. The van der Waals surface area contributed by atoms with Gasteiger partial charge in [0.25, 0.3) is 11.8 Å². The van der Waals surface area contributed by atoms with Crippen molar-refractivity contribution in [2.75, 3.05) is 29.9 Å². The van der Waals surface area contributed by atoms with Gasteiger partial charge >= 0.3 is 6.18 Å². The maximum Gasteiger partial charge on any atom is 0.416 e. The Morgan fingerprint density at radius 1 is 1.07 bits per heavy atom. The lowest BCUT2D eigenvalue weighted by Crippen LogP contribution is -2.30. The highest BCUT2D eigenvalue weighted by Gasteiger charge is 2.32. The minimum absolute atomic E-state index is 0.0974. The fraction of sp³-hybridized carbons (Fsp3) is 0.333. The first-order chi connectivity index (χ1) is 14.2. The smallest absolute Gasteiger partial charge is 0.416 e. The van der Waals surface area contributed by atoms with Gasteiger partial charge in [-0.1, -0.05) is 6.07 Å². The Morgan fingerprint density at radius 2 is 1.80 bits per heavy atom. The molecule has 1 aliphatic heterocycles. The molecule has 0 bridgehead atoms. The number of halogens is 3. The van der Waals surface area contributed by atoms with Gasteiger partial charge in [-0.25, -0.2) is 0 Å². The van der Waals surface area contributed by atoms with Crippen LogP contribution in [0.1, 0.15) is 35.2 Å². The summed E-state index contributed by atoms with van der Waals surface area (Å²) in [4.78, 5) is 25.6. The number of rotatable bonds is 6. The molecule has 1 fully saturated rings. The lowest BCUT2D eigenvalue weighted by molar-refractivity contribution is -0.137. The second kappa shape index (κ2) is 9.06. The maximum atomic E-state index is 13.2. The van der Waals surface area contributed by atoms with Crippen LogP contribution in [-0.2, 0) is 11.0 Å². The highest BCUT2D eigenvalue weighted by molar-refractivity contribution is 6.06. The fourth-order valence-electron chi connectivity index (χ4n) is 3.30. The third-order valence-electron chi connectivity index (χ3n) is 4.75. The number of amides is 2. The number of alkyl halides is 3. The zero-order valence-corrected chi connectivity index (χ0v) is 16.2. The average molecular weight is 421 g/mol. The molecule has 0 saturated carbocycles. The SMILES string of the molecule is NC(=O)COc1cccc(C(=O)Nc2cc(C(F)(F)F)ccc2N2CCCCC2)c1. The quantitative estimate of drug-likeness (QED) is 0.743. The summed E-state index contributed by atoms with van der Waals surface area (Å²) in [5, 5.41) is 2.60. The van der Waals surface area contributed by atoms with Crippen molar-refractivity contribution in [2.45, 2.75) is 25.4 Å². The van der Waals surface area contributed by atoms with Gasteiger partial charge in [-0.3, -0.25) is 9.59 Å². The molecule has 1 saturated heterocycles. The Hall–Kier alpha value is -3.23. The van der Waals surface area contributed by atoms with Crippen molar-refractivity contribution >= 4 is 23.2 Å². The molecule has 0 aliphatic carbocycles. The van der Waals surface area contributed by atoms with Crippen molar-refractivity contribution in [1.29, 1.82) is 0 Å². The minimum Gasteiger partial charge on any atom is -0.484 e. The number of nitrogens with zero attached hydrogens (tertiary/aromatic N) is 1. The number of nitrogens with two attached hydrogens (primary N) is 1. The first-order valence-corrected chi connectivity index (χ1v) is 9.53. The van der Waals surface area contributed by atoms with E-state index >= 15 is 0 Å². The average Bonchev–Trinajstić information content (AvgIpc) is 2.72. The zero-order chi connectivity index (χ0) is 21.7. The second-order valence-corrected chi connectivity index (χ2v) is 7.01. The minimum atomic E-state index is -4.53. The molecule has 30 heavy (non-hydrogen) atoms. The van der Waals surface area contributed by atoms with Gasteiger partial charge in [0.1, 0.15) is 5.75 Å². The molecule has 160 valence electrons. The molecule has 2 aromatic rings. The Bertz CT molecular complexity index is 925. The number of anilines is 2. The van der Waals surface area contributed by atoms with Crippen molar-refractivity contribution in [1.82, 2.24) is 0 Å². The number of benzene rings is 2. The van der Waals surface area contributed by atoms with E-state index in [0.717, 1.165) is 31.4 Å². The predicted octanol–water partition coefficient (Wildman–Crippen LogP) is 3.81. The van der Waals surface area contributed by atoms with Crippen LogP contribution < -0.4 is 20.7 Å². The number of hydrogen-bond donors (Lipinski definition) is 2. The summed E-state index contributed by atoms with van der Waals surface area (Å²) in [5.74, 6) is -1.00. The molecule has 0 atom stereocenters. The van der Waals surface area contributed by atoms with E-state index < -0.39 is 23.6 Å². The van der Waals surface area contributed by atoms with Gasteiger partial charge in [-0.2, -0.15) is 13.2 Å². The van der Waals surface area contributed by atoms with Crippen LogP contribution in [0.4, 0.5) is 24.5 Å². The summed E-state index contributed by atoms with van der Waals surface area (Å²) in [7, 11) is 0. The summed E-state index contributed by atoms with van der Waals surface area (Å²) >= 11 is 0. The number of carbonyl (C=O) groups excluding carboxylic acids is 2. The van der Waals surface area contributed by atoms with E-state index in [-0.39, 0.29) is 23.6 Å². The summed E-state index contributed by atoms with van der Waals surface area (Å²) in [6.45, 7) is 1.08. The highest BCUT2D eigenvalue weighted by atomic mass is 19.4. The van der Waals surface area contributed by atoms with Gasteiger partial charge in [-0.05, 0) is 55.7 Å². The normalized spacial score (nSPS) is 14.3. The van der Waals surface area contributed by atoms with Crippen LogP contribution in [0.5, 0.6) is 5.75 Å². The first kappa shape index (κ1) is 21.5. The van der Waals surface area contributed by atoms with Crippen molar-refractivity contribution in [3.63, 3.8) is 0 Å². The lowest BCUT2D eigenvalue weighted by atomic mass is 10.1. The molecule has 0 aromatic heterocycles. The molecule has 9 heteroatoms. The van der Waals surface area contributed by atoms with Gasteiger partial charge in [-0.15, -0.1) is 0 Å². The third-order valence-corrected chi connectivity index (χ3v) is 4.75. The molecular formula is C21H22F3N3O3. The van der Waals surface area contributed by atoms with Gasteiger partial charge in [0.2, 0.25) is 0 Å². The van der Waals surface area contributed by atoms with Crippen LogP contribution in [0.15, 0.2) is 42.5 Å². The number of ether oxygens (including phenoxy) is 1.